The van der Waals surface area contributed by atoms with Crippen LogP contribution in [0.15, 0.2) is 30.7 Å². The van der Waals surface area contributed by atoms with Gasteiger partial charge in [0, 0.05) is 37.2 Å². The zero-order chi connectivity index (χ0) is 12.8. The third-order valence-corrected chi connectivity index (χ3v) is 2.40. The summed E-state index contributed by atoms with van der Waals surface area (Å²) in [7, 11) is 1.33. The van der Waals surface area contributed by atoms with Crippen molar-refractivity contribution in [3.05, 3.63) is 42.2 Å². The molecule has 94 valence electrons. The number of H-pyrrole nitrogens is 1. The van der Waals surface area contributed by atoms with Gasteiger partial charge in [-0.3, -0.25) is 0 Å². The maximum absolute atomic E-state index is 11.3. The van der Waals surface area contributed by atoms with Gasteiger partial charge < -0.3 is 15.0 Å². The quantitative estimate of drug-likeness (QED) is 0.776. The highest BCUT2D eigenvalue weighted by atomic mass is 16.5. The number of nitrogens with one attached hydrogen (secondary N) is 2. The van der Waals surface area contributed by atoms with Gasteiger partial charge in [0.1, 0.15) is 11.5 Å². The zero-order valence-corrected chi connectivity index (χ0v) is 10.0. The maximum Gasteiger partial charge on any atom is 0.356 e. The molecule has 0 aliphatic rings. The van der Waals surface area contributed by atoms with E-state index >= 15 is 0 Å². The fourth-order valence-corrected chi connectivity index (χ4v) is 1.52. The van der Waals surface area contributed by atoms with E-state index < -0.39 is 5.97 Å². The van der Waals surface area contributed by atoms with Crippen LogP contribution in [0, 0.1) is 0 Å². The molecule has 0 spiro atoms. The van der Waals surface area contributed by atoms with Gasteiger partial charge in [0.05, 0.1) is 7.11 Å². The Morgan fingerprint density at radius 2 is 2.33 bits per heavy atom. The normalized spacial score (nSPS) is 10.1. The second kappa shape index (κ2) is 5.81. The number of rotatable bonds is 5. The highest BCUT2D eigenvalue weighted by molar-refractivity contribution is 5.88. The van der Waals surface area contributed by atoms with Gasteiger partial charge >= 0.3 is 5.97 Å². The minimum absolute atomic E-state index is 0.292. The highest BCUT2D eigenvalue weighted by Crippen LogP contribution is 2.08. The summed E-state index contributed by atoms with van der Waals surface area (Å²) in [4.78, 5) is 22.4. The van der Waals surface area contributed by atoms with Crippen molar-refractivity contribution in [3.63, 3.8) is 0 Å². The number of nitrogens with zero attached hydrogens (tertiary/aromatic N) is 2. The number of methoxy groups -OCH3 is 1. The molecule has 0 atom stereocenters. The second-order valence-electron chi connectivity index (χ2n) is 3.63. The minimum atomic E-state index is -0.440. The van der Waals surface area contributed by atoms with Gasteiger partial charge in [-0.2, -0.15) is 0 Å². The molecule has 0 aliphatic carbocycles. The maximum atomic E-state index is 11.3. The second-order valence-corrected chi connectivity index (χ2v) is 3.63. The van der Waals surface area contributed by atoms with Crippen LogP contribution in [0.25, 0.3) is 0 Å². The molecule has 2 aromatic rings. The molecule has 2 heterocycles. The lowest BCUT2D eigenvalue weighted by Crippen LogP contribution is -2.08. The summed E-state index contributed by atoms with van der Waals surface area (Å²) in [6, 6.07) is 3.46. The molecule has 0 bridgehead atoms. The predicted molar refractivity (Wildman–Crippen MR) is 66.4 cm³/mol. The lowest BCUT2D eigenvalue weighted by atomic mass is 10.3. The zero-order valence-electron chi connectivity index (χ0n) is 10.0. The summed E-state index contributed by atoms with van der Waals surface area (Å²) in [6.45, 7) is 0.720. The van der Waals surface area contributed by atoms with Gasteiger partial charge in [-0.1, -0.05) is 0 Å². The molecular weight excluding hydrogens is 232 g/mol. The van der Waals surface area contributed by atoms with Gasteiger partial charge in [-0.25, -0.2) is 14.8 Å². The van der Waals surface area contributed by atoms with Crippen LogP contribution in [0.4, 0.5) is 5.69 Å². The van der Waals surface area contributed by atoms with Gasteiger partial charge in [-0.05, 0) is 12.1 Å². The Balaban J connectivity index is 1.91. The Morgan fingerprint density at radius 3 is 3.06 bits per heavy atom. The van der Waals surface area contributed by atoms with Crippen LogP contribution in [0.2, 0.25) is 0 Å². The minimum Gasteiger partial charge on any atom is -0.464 e. The molecule has 0 amide bonds. The lowest BCUT2D eigenvalue weighted by Gasteiger charge is -2.06. The first-order chi connectivity index (χ1) is 8.79. The first-order valence-electron chi connectivity index (χ1n) is 5.56. The molecular formula is C12H14N4O2. The van der Waals surface area contributed by atoms with E-state index in [1.54, 1.807) is 30.7 Å². The van der Waals surface area contributed by atoms with Crippen LogP contribution in [0.5, 0.6) is 0 Å². The van der Waals surface area contributed by atoms with Crippen molar-refractivity contribution < 1.29 is 9.53 Å². The van der Waals surface area contributed by atoms with E-state index in [9.17, 15) is 4.79 Å². The summed E-state index contributed by atoms with van der Waals surface area (Å²) in [5.74, 6) is 0.481. The SMILES string of the molecule is COC(=O)c1cc(NCCc2ncc[nH]2)ccn1. The van der Waals surface area contributed by atoms with Crippen molar-refractivity contribution in [1.82, 2.24) is 15.0 Å². The Kier molecular flexibility index (Phi) is 3.90. The monoisotopic (exact) mass is 246 g/mol. The summed E-state index contributed by atoms with van der Waals surface area (Å²) < 4.78 is 4.61. The molecule has 2 rings (SSSR count). The molecule has 0 radical (unpaired) electrons. The van der Waals surface area contributed by atoms with Crippen LogP contribution in [-0.2, 0) is 11.2 Å². The number of pyridine rings is 1. The predicted octanol–water partition coefficient (Wildman–Crippen LogP) is 1.25. The number of carbonyl (C=O) groups is 1. The number of ether oxygens (including phenoxy) is 1. The van der Waals surface area contributed by atoms with Crippen LogP contribution >= 0.6 is 0 Å². The van der Waals surface area contributed by atoms with Crippen molar-refractivity contribution in [2.24, 2.45) is 0 Å². The average Bonchev–Trinajstić information content (AvgIpc) is 2.91. The smallest absolute Gasteiger partial charge is 0.356 e. The highest BCUT2D eigenvalue weighted by Gasteiger charge is 2.07. The van der Waals surface area contributed by atoms with Gasteiger partial charge in [0.15, 0.2) is 0 Å². The van der Waals surface area contributed by atoms with E-state index in [1.165, 1.54) is 7.11 Å². The number of aromatic amines is 1. The Hall–Kier alpha value is -2.37. The van der Waals surface area contributed by atoms with Crippen LogP contribution in [-0.4, -0.2) is 34.6 Å². The molecule has 2 aromatic heterocycles. The number of imidazole rings is 1. The fraction of sp³-hybridized carbons (Fsp3) is 0.250. The number of aromatic nitrogens is 3. The van der Waals surface area contributed by atoms with Crippen molar-refractivity contribution in [1.29, 1.82) is 0 Å². The molecule has 0 unspecified atom stereocenters. The number of esters is 1. The Bertz CT molecular complexity index is 511. The number of carbonyl (C=O) groups excluding carboxylic acids is 1. The third-order valence-electron chi connectivity index (χ3n) is 2.40. The van der Waals surface area contributed by atoms with Gasteiger partial charge in [0.25, 0.3) is 0 Å². The van der Waals surface area contributed by atoms with Gasteiger partial charge in [-0.15, -0.1) is 0 Å². The molecule has 0 fully saturated rings. The topological polar surface area (TPSA) is 79.9 Å². The van der Waals surface area contributed by atoms with Crippen LogP contribution in [0.1, 0.15) is 16.3 Å². The third kappa shape index (κ3) is 3.07. The van der Waals surface area contributed by atoms with E-state index in [0.29, 0.717) is 5.69 Å². The Labute approximate surface area is 104 Å². The lowest BCUT2D eigenvalue weighted by molar-refractivity contribution is 0.0594. The summed E-state index contributed by atoms with van der Waals surface area (Å²) in [5, 5.41) is 3.19. The molecule has 0 saturated heterocycles. The fourth-order valence-electron chi connectivity index (χ4n) is 1.52. The standard InChI is InChI=1S/C12H14N4O2/c1-18-12(17)10-8-9(2-4-14-10)13-5-3-11-15-6-7-16-11/h2,4,6-8H,3,5H2,1H3,(H,13,14)(H,15,16). The van der Waals surface area contributed by atoms with Crippen LogP contribution in [0.3, 0.4) is 0 Å². The first kappa shape index (κ1) is 12.1. The first-order valence-corrected chi connectivity index (χ1v) is 5.56. The molecule has 6 nitrogen and oxygen atoms in total. The molecule has 18 heavy (non-hydrogen) atoms. The average molecular weight is 246 g/mol. The summed E-state index contributed by atoms with van der Waals surface area (Å²) in [6.07, 6.45) is 5.86. The number of anilines is 1. The van der Waals surface area contributed by atoms with Crippen molar-refractivity contribution >= 4 is 11.7 Å². The van der Waals surface area contributed by atoms with Crippen molar-refractivity contribution in [2.45, 2.75) is 6.42 Å². The molecule has 0 aromatic carbocycles. The number of hydrogen-bond acceptors (Lipinski definition) is 5. The summed E-state index contributed by atoms with van der Waals surface area (Å²) in [5.41, 5.74) is 1.12. The van der Waals surface area contributed by atoms with Crippen molar-refractivity contribution in [2.75, 3.05) is 19.0 Å². The molecule has 2 N–H and O–H groups in total. The van der Waals surface area contributed by atoms with E-state index in [-0.39, 0.29) is 0 Å². The largest absolute Gasteiger partial charge is 0.464 e. The van der Waals surface area contributed by atoms with E-state index in [2.05, 4.69) is 25.0 Å². The van der Waals surface area contributed by atoms with Gasteiger partial charge in [0.2, 0.25) is 0 Å². The van der Waals surface area contributed by atoms with E-state index in [0.717, 1.165) is 24.5 Å². The van der Waals surface area contributed by atoms with E-state index in [1.807, 2.05) is 0 Å². The molecule has 0 aliphatic heterocycles. The molecule has 6 heteroatoms. The van der Waals surface area contributed by atoms with E-state index in [4.69, 9.17) is 0 Å². The van der Waals surface area contributed by atoms with Crippen molar-refractivity contribution in [3.8, 4) is 0 Å². The summed E-state index contributed by atoms with van der Waals surface area (Å²) >= 11 is 0. The molecule has 0 saturated carbocycles. The van der Waals surface area contributed by atoms with Crippen LogP contribution < -0.4 is 5.32 Å². The Morgan fingerprint density at radius 1 is 1.44 bits per heavy atom. The number of hydrogen-bond donors (Lipinski definition) is 2.